The number of nitrogens with one attached hydrogen (secondary N) is 2. The average molecular weight is 398 g/mol. The maximum atomic E-state index is 12.8. The van der Waals surface area contributed by atoms with E-state index < -0.39 is 11.4 Å². The Morgan fingerprint density at radius 1 is 1.21 bits per heavy atom. The van der Waals surface area contributed by atoms with E-state index in [9.17, 15) is 9.59 Å². The Hall–Kier alpha value is -2.34. The van der Waals surface area contributed by atoms with Gasteiger partial charge < -0.3 is 20.3 Å². The van der Waals surface area contributed by atoms with Gasteiger partial charge in [0.2, 0.25) is 5.91 Å². The Balaban J connectivity index is 1.51. The van der Waals surface area contributed by atoms with Crippen LogP contribution in [0.2, 0.25) is 0 Å². The molecule has 1 aromatic carbocycles. The van der Waals surface area contributed by atoms with Gasteiger partial charge in [-0.25, -0.2) is 0 Å². The van der Waals surface area contributed by atoms with Crippen LogP contribution in [0.1, 0.15) is 56.4 Å². The van der Waals surface area contributed by atoms with Gasteiger partial charge in [-0.3, -0.25) is 9.59 Å². The minimum atomic E-state index is -0.853. The van der Waals surface area contributed by atoms with Crippen molar-refractivity contribution in [3.63, 3.8) is 0 Å². The number of aromatic amines is 1. The maximum absolute atomic E-state index is 12.8. The second kappa shape index (κ2) is 7.17. The first-order valence-electron chi connectivity index (χ1n) is 10.6. The molecule has 0 saturated carbocycles. The van der Waals surface area contributed by atoms with Gasteiger partial charge in [0.05, 0.1) is 12.0 Å². The summed E-state index contributed by atoms with van der Waals surface area (Å²) in [6.07, 6.45) is 3.05. The number of aryl methyl sites for hydroxylation is 1. The number of fused-ring (bicyclic) bond motifs is 4. The Morgan fingerprint density at radius 2 is 1.93 bits per heavy atom. The summed E-state index contributed by atoms with van der Waals surface area (Å²) in [6, 6.07) is 6.58. The van der Waals surface area contributed by atoms with Gasteiger partial charge in [0, 0.05) is 42.7 Å². The normalized spacial score (nSPS) is 18.8. The number of carboxylic acids is 1. The van der Waals surface area contributed by atoms with Crippen molar-refractivity contribution in [2.24, 2.45) is 5.41 Å². The van der Waals surface area contributed by atoms with Gasteiger partial charge in [-0.15, -0.1) is 0 Å². The molecule has 0 bridgehead atoms. The van der Waals surface area contributed by atoms with Crippen molar-refractivity contribution in [3.05, 3.63) is 35.0 Å². The van der Waals surface area contributed by atoms with Crippen LogP contribution in [-0.4, -0.2) is 46.5 Å². The Kier molecular flexibility index (Phi) is 4.93. The zero-order valence-electron chi connectivity index (χ0n) is 17.6. The summed E-state index contributed by atoms with van der Waals surface area (Å²) in [4.78, 5) is 29.4. The van der Waals surface area contributed by atoms with Crippen molar-refractivity contribution in [1.29, 1.82) is 0 Å². The maximum Gasteiger partial charge on any atom is 0.303 e. The molecule has 6 nitrogen and oxygen atoms in total. The summed E-state index contributed by atoms with van der Waals surface area (Å²) in [5.41, 5.74) is 4.55. The van der Waals surface area contributed by atoms with Crippen molar-refractivity contribution in [1.82, 2.24) is 15.2 Å². The number of nitrogens with zero attached hydrogens (tertiary/aromatic N) is 1. The standard InChI is InChI=1S/C23H31N3O3/c1-15-4-5-18-17(12-15)16-6-9-24-23(21(16)25-18)7-10-26(11-8-23)19(27)13-22(2,3)14-20(28)29/h4-5,12,24-25H,6-11,13-14H2,1-3H3,(H,28,29). The van der Waals surface area contributed by atoms with E-state index in [1.165, 1.54) is 27.7 Å². The summed E-state index contributed by atoms with van der Waals surface area (Å²) < 4.78 is 0. The predicted octanol–water partition coefficient (Wildman–Crippen LogP) is 3.33. The molecule has 0 radical (unpaired) electrons. The summed E-state index contributed by atoms with van der Waals surface area (Å²) in [5.74, 6) is -0.789. The van der Waals surface area contributed by atoms with E-state index in [-0.39, 0.29) is 24.3 Å². The highest BCUT2D eigenvalue weighted by atomic mass is 16.4. The minimum Gasteiger partial charge on any atom is -0.481 e. The predicted molar refractivity (Wildman–Crippen MR) is 113 cm³/mol. The highest BCUT2D eigenvalue weighted by Crippen LogP contribution is 2.40. The molecular formula is C23H31N3O3. The molecule has 1 aromatic heterocycles. The van der Waals surface area contributed by atoms with Gasteiger partial charge in [0.15, 0.2) is 0 Å². The van der Waals surface area contributed by atoms with Gasteiger partial charge in [-0.1, -0.05) is 25.5 Å². The van der Waals surface area contributed by atoms with Crippen LogP contribution in [0.25, 0.3) is 10.9 Å². The number of aromatic nitrogens is 1. The number of carboxylic acid groups (broad SMARTS) is 1. The van der Waals surface area contributed by atoms with Crippen LogP contribution in [0.3, 0.4) is 0 Å². The largest absolute Gasteiger partial charge is 0.481 e. The van der Waals surface area contributed by atoms with Crippen molar-refractivity contribution in [3.8, 4) is 0 Å². The minimum absolute atomic E-state index is 0.00984. The van der Waals surface area contributed by atoms with Crippen molar-refractivity contribution < 1.29 is 14.7 Å². The van der Waals surface area contributed by atoms with Gasteiger partial charge in [0.25, 0.3) is 0 Å². The summed E-state index contributed by atoms with van der Waals surface area (Å²) in [7, 11) is 0. The first-order chi connectivity index (χ1) is 13.7. The third kappa shape index (κ3) is 3.78. The molecule has 4 rings (SSSR count). The molecule has 156 valence electrons. The third-order valence-electron chi connectivity index (χ3n) is 6.61. The average Bonchev–Trinajstić information content (AvgIpc) is 3.00. The van der Waals surface area contributed by atoms with E-state index in [4.69, 9.17) is 5.11 Å². The molecule has 0 atom stereocenters. The first-order valence-corrected chi connectivity index (χ1v) is 10.6. The van der Waals surface area contributed by atoms with Gasteiger partial charge in [0.1, 0.15) is 0 Å². The number of hydrogen-bond donors (Lipinski definition) is 3. The third-order valence-corrected chi connectivity index (χ3v) is 6.61. The summed E-state index contributed by atoms with van der Waals surface area (Å²) in [5, 5.41) is 14.2. The van der Waals surface area contributed by atoms with Crippen LogP contribution in [0.5, 0.6) is 0 Å². The lowest BCUT2D eigenvalue weighted by Crippen LogP contribution is -2.55. The molecule has 1 fully saturated rings. The van der Waals surface area contributed by atoms with Crippen LogP contribution in [0.15, 0.2) is 18.2 Å². The Bertz CT molecular complexity index is 952. The second-order valence-corrected chi connectivity index (χ2v) is 9.58. The van der Waals surface area contributed by atoms with E-state index >= 15 is 0 Å². The van der Waals surface area contributed by atoms with Crippen molar-refractivity contribution in [2.45, 2.75) is 58.4 Å². The quantitative estimate of drug-likeness (QED) is 0.739. The zero-order valence-corrected chi connectivity index (χ0v) is 17.6. The number of hydrogen-bond acceptors (Lipinski definition) is 3. The molecule has 3 heterocycles. The summed E-state index contributed by atoms with van der Waals surface area (Å²) >= 11 is 0. The molecule has 0 unspecified atom stereocenters. The first kappa shape index (κ1) is 20.0. The van der Waals surface area contributed by atoms with E-state index in [1.54, 1.807) is 0 Å². The van der Waals surface area contributed by atoms with Crippen molar-refractivity contribution in [2.75, 3.05) is 19.6 Å². The topological polar surface area (TPSA) is 85.4 Å². The number of carbonyl (C=O) groups is 2. The second-order valence-electron chi connectivity index (χ2n) is 9.58. The van der Waals surface area contributed by atoms with Gasteiger partial charge in [-0.2, -0.15) is 0 Å². The smallest absolute Gasteiger partial charge is 0.303 e. The van der Waals surface area contributed by atoms with Crippen molar-refractivity contribution >= 4 is 22.8 Å². The molecule has 1 spiro atoms. The molecule has 2 aliphatic rings. The molecule has 2 aliphatic heterocycles. The van der Waals surface area contributed by atoms with Gasteiger partial charge in [-0.05, 0) is 49.3 Å². The lowest BCUT2D eigenvalue weighted by Gasteiger charge is -2.45. The highest BCUT2D eigenvalue weighted by Gasteiger charge is 2.42. The van der Waals surface area contributed by atoms with Crippen LogP contribution < -0.4 is 5.32 Å². The number of aliphatic carboxylic acids is 1. The van der Waals surface area contributed by atoms with E-state index in [1.807, 2.05) is 18.7 Å². The SMILES string of the molecule is Cc1ccc2[nH]c3c(c2c1)CCNC31CCN(C(=O)CC(C)(C)CC(=O)O)CC1. The molecule has 1 amide bonds. The molecule has 2 aromatic rings. The number of piperidine rings is 1. The van der Waals surface area contributed by atoms with E-state index in [0.717, 1.165) is 25.8 Å². The number of H-pyrrole nitrogens is 1. The number of amides is 1. The fraction of sp³-hybridized carbons (Fsp3) is 0.565. The molecule has 1 saturated heterocycles. The lowest BCUT2D eigenvalue weighted by molar-refractivity contribution is -0.141. The molecule has 0 aliphatic carbocycles. The fourth-order valence-corrected chi connectivity index (χ4v) is 5.10. The molecular weight excluding hydrogens is 366 g/mol. The molecule has 6 heteroatoms. The Labute approximate surface area is 171 Å². The Morgan fingerprint density at radius 3 is 2.62 bits per heavy atom. The number of likely N-dealkylation sites (tertiary alicyclic amines) is 1. The molecule has 3 N–H and O–H groups in total. The van der Waals surface area contributed by atoms with E-state index in [2.05, 4.69) is 35.4 Å². The summed E-state index contributed by atoms with van der Waals surface area (Å²) in [6.45, 7) is 8.18. The fourth-order valence-electron chi connectivity index (χ4n) is 5.10. The van der Waals surface area contributed by atoms with Crippen LogP contribution >= 0.6 is 0 Å². The van der Waals surface area contributed by atoms with Crippen LogP contribution in [0.4, 0.5) is 0 Å². The molecule has 29 heavy (non-hydrogen) atoms. The monoisotopic (exact) mass is 397 g/mol. The van der Waals surface area contributed by atoms with E-state index in [0.29, 0.717) is 13.1 Å². The van der Waals surface area contributed by atoms with Crippen LogP contribution in [-0.2, 0) is 21.5 Å². The van der Waals surface area contributed by atoms with Crippen LogP contribution in [0, 0.1) is 12.3 Å². The number of benzene rings is 1. The zero-order chi connectivity index (χ0) is 20.8. The number of carbonyl (C=O) groups excluding carboxylic acids is 1. The highest BCUT2D eigenvalue weighted by molar-refractivity contribution is 5.86. The van der Waals surface area contributed by atoms with Gasteiger partial charge >= 0.3 is 5.97 Å². The number of rotatable bonds is 4. The lowest BCUT2D eigenvalue weighted by atomic mass is 9.78.